The highest BCUT2D eigenvalue weighted by Crippen LogP contribution is 2.08. The van der Waals surface area contributed by atoms with Crippen LogP contribution in [0.1, 0.15) is 6.42 Å². The summed E-state index contributed by atoms with van der Waals surface area (Å²) in [4.78, 5) is 12.5. The van der Waals surface area contributed by atoms with Crippen molar-refractivity contribution in [2.45, 2.75) is 6.42 Å². The highest BCUT2D eigenvalue weighted by atomic mass is 35.5. The Balaban J connectivity index is 0. The van der Waals surface area contributed by atoms with Crippen LogP contribution in [0.2, 0.25) is 15.9 Å². The highest BCUT2D eigenvalue weighted by molar-refractivity contribution is 6.33. The van der Waals surface area contributed by atoms with Crippen molar-refractivity contribution >= 4 is 34.8 Å². The average molecular weight is 347 g/mol. The lowest BCUT2D eigenvalue weighted by Gasteiger charge is -2.05. The Morgan fingerprint density at radius 3 is 1.30 bits per heavy atom. The first kappa shape index (κ1) is 22.0. The zero-order valence-electron chi connectivity index (χ0n) is 11.7. The van der Waals surface area contributed by atoms with Crippen LogP contribution in [0.5, 0.6) is 0 Å². The Bertz CT molecular complexity index is 286. The predicted molar refractivity (Wildman–Crippen MR) is 85.2 cm³/mol. The number of rotatable bonds is 4. The second-order valence-corrected chi connectivity index (χ2v) is 4.68. The smallest absolute Gasteiger partial charge is 0.227 e. The summed E-state index contributed by atoms with van der Waals surface area (Å²) >= 11 is 16.0. The van der Waals surface area contributed by atoms with Crippen molar-refractivity contribution in [2.24, 2.45) is 17.2 Å². The van der Waals surface area contributed by atoms with E-state index in [0.29, 0.717) is 13.1 Å². The molecule has 0 aliphatic rings. The van der Waals surface area contributed by atoms with Gasteiger partial charge in [-0.05, 0) is 68.4 Å². The minimum absolute atomic E-state index is 0.000000000000000444. The molecule has 10 heteroatoms. The molecule has 0 saturated heterocycles. The molecule has 0 atom stereocenters. The highest BCUT2D eigenvalue weighted by Gasteiger charge is 1.97. The van der Waals surface area contributed by atoms with Gasteiger partial charge >= 0.3 is 0 Å². The molecule has 0 fully saturated rings. The second-order valence-electron chi connectivity index (χ2n) is 3.67. The molecule has 0 radical (unpaired) electrons. The molecular weight excluding hydrogens is 325 g/mol. The van der Waals surface area contributed by atoms with Crippen LogP contribution in [0.4, 0.5) is 0 Å². The molecule has 6 N–H and O–H groups in total. The largest absolute Gasteiger partial charge is 0.330 e. The van der Waals surface area contributed by atoms with Crippen LogP contribution in [-0.4, -0.2) is 60.1 Å². The topological polar surface area (TPSA) is 120 Å². The first-order valence-electron chi connectivity index (χ1n) is 5.84. The molecule has 0 bridgehead atoms. The van der Waals surface area contributed by atoms with Crippen molar-refractivity contribution in [3.63, 3.8) is 0 Å². The molecule has 0 aliphatic heterocycles. The van der Waals surface area contributed by atoms with Crippen molar-refractivity contribution in [3.05, 3.63) is 15.9 Å². The van der Waals surface area contributed by atoms with E-state index in [4.69, 9.17) is 52.0 Å². The molecule has 118 valence electrons. The molecule has 1 heterocycles. The first-order valence-corrected chi connectivity index (χ1v) is 6.98. The number of hydrogen-bond acceptors (Lipinski definition) is 7. The number of halogens is 3. The lowest BCUT2D eigenvalue weighted by molar-refractivity contribution is 0.403. The van der Waals surface area contributed by atoms with E-state index in [1.165, 1.54) is 0 Å². The number of aromatic nitrogens is 3. The monoisotopic (exact) mass is 345 g/mol. The van der Waals surface area contributed by atoms with Gasteiger partial charge in [-0.2, -0.15) is 15.0 Å². The van der Waals surface area contributed by atoms with Gasteiger partial charge in [0.15, 0.2) is 0 Å². The minimum Gasteiger partial charge on any atom is -0.330 e. The number of nitrogens with zero attached hydrogens (tertiary/aromatic N) is 4. The molecule has 1 aromatic rings. The van der Waals surface area contributed by atoms with E-state index < -0.39 is 0 Å². The molecule has 0 amide bonds. The van der Waals surface area contributed by atoms with Crippen molar-refractivity contribution in [1.29, 1.82) is 0 Å². The van der Waals surface area contributed by atoms with Gasteiger partial charge in [-0.1, -0.05) is 0 Å². The Kier molecular flexibility index (Phi) is 16.6. The molecule has 7 nitrogen and oxygen atoms in total. The summed E-state index contributed by atoms with van der Waals surface area (Å²) in [7, 11) is 4.10. The van der Waals surface area contributed by atoms with E-state index in [1.54, 1.807) is 0 Å². The molecular formula is C10H22Cl3N7. The van der Waals surface area contributed by atoms with E-state index in [2.05, 4.69) is 33.9 Å². The van der Waals surface area contributed by atoms with Crippen LogP contribution in [0.25, 0.3) is 0 Å². The van der Waals surface area contributed by atoms with Crippen molar-refractivity contribution < 1.29 is 0 Å². The molecule has 20 heavy (non-hydrogen) atoms. The number of hydrogen-bond donors (Lipinski definition) is 3. The van der Waals surface area contributed by atoms with Gasteiger partial charge in [-0.25, -0.2) is 0 Å². The van der Waals surface area contributed by atoms with Gasteiger partial charge in [0.05, 0.1) is 0 Å². The van der Waals surface area contributed by atoms with Crippen LogP contribution in [-0.2, 0) is 0 Å². The van der Waals surface area contributed by atoms with E-state index in [0.717, 1.165) is 19.5 Å². The van der Waals surface area contributed by atoms with E-state index in [-0.39, 0.29) is 15.9 Å². The minimum atomic E-state index is 0.000000000000000444. The van der Waals surface area contributed by atoms with Crippen LogP contribution in [0.3, 0.4) is 0 Å². The Hall–Kier alpha value is -0.280. The summed E-state index contributed by atoms with van der Waals surface area (Å²) in [6.45, 7) is 3.11. The van der Waals surface area contributed by atoms with Gasteiger partial charge in [-0.3, -0.25) is 0 Å². The zero-order valence-corrected chi connectivity index (χ0v) is 14.0. The lowest BCUT2D eigenvalue weighted by Crippen LogP contribution is -2.16. The van der Waals surface area contributed by atoms with Crippen LogP contribution in [0.15, 0.2) is 0 Å². The fourth-order valence-electron chi connectivity index (χ4n) is 0.711. The van der Waals surface area contributed by atoms with Crippen molar-refractivity contribution in [2.75, 3.05) is 40.3 Å². The molecule has 0 spiro atoms. The van der Waals surface area contributed by atoms with E-state index in [1.807, 2.05) is 0 Å². The summed E-state index contributed by atoms with van der Waals surface area (Å²) in [6.07, 6.45) is 1.10. The molecule has 0 aliphatic carbocycles. The van der Waals surface area contributed by atoms with Crippen LogP contribution in [0, 0.1) is 0 Å². The van der Waals surface area contributed by atoms with Gasteiger partial charge in [0.25, 0.3) is 0 Å². The van der Waals surface area contributed by atoms with Crippen molar-refractivity contribution in [1.82, 2.24) is 19.9 Å². The standard InChI is InChI=1S/C5H14N2.C3Cl3N3.C2H8N2/c1-7(2)5-3-4-6;4-1-7-2(5)9-3(6)8-1;3-1-2-4/h3-6H2,1-2H3;;1-4H2. The molecule has 1 rings (SSSR count). The summed E-state index contributed by atoms with van der Waals surface area (Å²) in [5.74, 6) is 0. The third-order valence-corrected chi connectivity index (χ3v) is 2.04. The van der Waals surface area contributed by atoms with E-state index in [9.17, 15) is 0 Å². The quantitative estimate of drug-likeness (QED) is 0.731. The zero-order chi connectivity index (χ0) is 16.0. The SMILES string of the molecule is CN(C)CCCN.Clc1nc(Cl)nc(Cl)n1.NCCN. The Labute approximate surface area is 134 Å². The lowest BCUT2D eigenvalue weighted by atomic mass is 10.4. The normalized spacial score (nSPS) is 9.45. The molecule has 1 aromatic heterocycles. The maximum atomic E-state index is 5.32. The first-order chi connectivity index (χ1) is 9.37. The summed E-state index contributed by atoms with van der Waals surface area (Å²) in [5.41, 5.74) is 15.1. The Morgan fingerprint density at radius 2 is 1.15 bits per heavy atom. The summed E-state index contributed by atoms with van der Waals surface area (Å²) < 4.78 is 0. The average Bonchev–Trinajstić information content (AvgIpc) is 2.35. The fraction of sp³-hybridized carbons (Fsp3) is 0.700. The maximum Gasteiger partial charge on any atom is 0.227 e. The Morgan fingerprint density at radius 1 is 0.800 bits per heavy atom. The third kappa shape index (κ3) is 17.7. The van der Waals surface area contributed by atoms with Gasteiger partial charge in [0.2, 0.25) is 15.9 Å². The third-order valence-electron chi connectivity index (χ3n) is 1.53. The van der Waals surface area contributed by atoms with Gasteiger partial charge in [0, 0.05) is 13.1 Å². The van der Waals surface area contributed by atoms with E-state index >= 15 is 0 Å². The molecule has 0 saturated carbocycles. The second kappa shape index (κ2) is 15.1. The van der Waals surface area contributed by atoms with Crippen molar-refractivity contribution in [3.8, 4) is 0 Å². The fourth-order valence-corrected chi connectivity index (χ4v) is 1.32. The number of nitrogens with two attached hydrogens (primary N) is 3. The molecule has 0 unspecified atom stereocenters. The van der Waals surface area contributed by atoms with Crippen LogP contribution >= 0.6 is 34.8 Å². The van der Waals surface area contributed by atoms with Crippen LogP contribution < -0.4 is 17.2 Å². The maximum absolute atomic E-state index is 5.32. The summed E-state index contributed by atoms with van der Waals surface area (Å²) in [6, 6.07) is 0. The summed E-state index contributed by atoms with van der Waals surface area (Å²) in [5, 5.41) is 0.00000000000000178. The van der Waals surface area contributed by atoms with Gasteiger partial charge in [-0.15, -0.1) is 0 Å². The predicted octanol–water partition coefficient (Wildman–Crippen LogP) is 0.632. The van der Waals surface area contributed by atoms with Gasteiger partial charge < -0.3 is 22.1 Å². The van der Waals surface area contributed by atoms with Gasteiger partial charge in [0.1, 0.15) is 0 Å². The molecule has 0 aromatic carbocycles.